The summed E-state index contributed by atoms with van der Waals surface area (Å²) >= 11 is 0. The van der Waals surface area contributed by atoms with Gasteiger partial charge in [0.1, 0.15) is 5.75 Å². The zero-order valence-electron chi connectivity index (χ0n) is 14.3. The van der Waals surface area contributed by atoms with Crippen LogP contribution < -0.4 is 4.74 Å². The van der Waals surface area contributed by atoms with Crippen LogP contribution >= 0.6 is 0 Å². The van der Waals surface area contributed by atoms with Crippen molar-refractivity contribution in [1.82, 2.24) is 9.80 Å². The molecule has 0 spiro atoms. The summed E-state index contributed by atoms with van der Waals surface area (Å²) in [5.74, 6) is 0.969. The molecule has 1 aromatic rings. The SMILES string of the molecule is O=C(CCCOc1ccccc1)N1C[C@H](O)[C@@H](N2CCCCC2)C1. The van der Waals surface area contributed by atoms with Gasteiger partial charge in [-0.25, -0.2) is 0 Å². The Morgan fingerprint density at radius 3 is 2.62 bits per heavy atom. The molecule has 132 valence electrons. The minimum atomic E-state index is -0.410. The quantitative estimate of drug-likeness (QED) is 0.809. The second kappa shape index (κ2) is 8.49. The van der Waals surface area contributed by atoms with E-state index in [1.165, 1.54) is 19.3 Å². The molecule has 5 heteroatoms. The van der Waals surface area contributed by atoms with Crippen LogP contribution in [0.3, 0.4) is 0 Å². The maximum atomic E-state index is 12.4. The van der Waals surface area contributed by atoms with Gasteiger partial charge in [-0.1, -0.05) is 24.6 Å². The van der Waals surface area contributed by atoms with Crippen molar-refractivity contribution in [1.29, 1.82) is 0 Å². The number of hydrogen-bond acceptors (Lipinski definition) is 4. The normalized spacial score (nSPS) is 25.0. The highest BCUT2D eigenvalue weighted by Gasteiger charge is 2.37. The topological polar surface area (TPSA) is 53.0 Å². The fourth-order valence-electron chi connectivity index (χ4n) is 3.67. The average molecular weight is 332 g/mol. The number of likely N-dealkylation sites (tertiary alicyclic amines) is 2. The number of para-hydroxylation sites is 1. The molecule has 5 nitrogen and oxygen atoms in total. The van der Waals surface area contributed by atoms with Gasteiger partial charge in [-0.3, -0.25) is 9.69 Å². The number of hydrogen-bond donors (Lipinski definition) is 1. The fourth-order valence-corrected chi connectivity index (χ4v) is 3.67. The number of ether oxygens (including phenoxy) is 1. The van der Waals surface area contributed by atoms with Crippen molar-refractivity contribution in [3.05, 3.63) is 30.3 Å². The summed E-state index contributed by atoms with van der Waals surface area (Å²) < 4.78 is 5.63. The third-order valence-corrected chi connectivity index (χ3v) is 5.02. The van der Waals surface area contributed by atoms with E-state index in [1.807, 2.05) is 35.2 Å². The lowest BCUT2D eigenvalue weighted by Gasteiger charge is -2.33. The number of β-amino-alcohol motifs (C(OH)–C–C–N with tert-alkyl or cyclic N) is 1. The lowest BCUT2D eigenvalue weighted by atomic mass is 10.1. The Balaban J connectivity index is 1.39. The summed E-state index contributed by atoms with van der Waals surface area (Å²) in [5, 5.41) is 10.3. The molecule has 3 rings (SSSR count). The molecule has 0 unspecified atom stereocenters. The molecule has 1 N–H and O–H groups in total. The molecule has 0 aromatic heterocycles. The first-order valence-corrected chi connectivity index (χ1v) is 9.12. The van der Waals surface area contributed by atoms with Crippen molar-refractivity contribution in [3.8, 4) is 5.75 Å². The molecule has 0 radical (unpaired) electrons. The number of piperidine rings is 1. The zero-order valence-corrected chi connectivity index (χ0v) is 14.3. The van der Waals surface area contributed by atoms with E-state index in [0.717, 1.165) is 18.8 Å². The minimum absolute atomic E-state index is 0.120. The van der Waals surface area contributed by atoms with Crippen LogP contribution in [0.15, 0.2) is 30.3 Å². The highest BCUT2D eigenvalue weighted by molar-refractivity contribution is 5.76. The van der Waals surface area contributed by atoms with Gasteiger partial charge in [-0.2, -0.15) is 0 Å². The van der Waals surface area contributed by atoms with E-state index < -0.39 is 6.10 Å². The van der Waals surface area contributed by atoms with Gasteiger partial charge in [-0.15, -0.1) is 0 Å². The third-order valence-electron chi connectivity index (χ3n) is 5.02. The summed E-state index contributed by atoms with van der Waals surface area (Å²) in [4.78, 5) is 16.6. The van der Waals surface area contributed by atoms with Crippen LogP contribution in [-0.4, -0.2) is 65.7 Å². The van der Waals surface area contributed by atoms with Gasteiger partial charge >= 0.3 is 0 Å². The molecule has 24 heavy (non-hydrogen) atoms. The Morgan fingerprint density at radius 1 is 1.12 bits per heavy atom. The van der Waals surface area contributed by atoms with E-state index in [1.54, 1.807) is 0 Å². The molecule has 2 fully saturated rings. The van der Waals surface area contributed by atoms with Gasteiger partial charge in [0, 0.05) is 19.5 Å². The fraction of sp³-hybridized carbons (Fsp3) is 0.632. The maximum absolute atomic E-state index is 12.4. The van der Waals surface area contributed by atoms with Crippen molar-refractivity contribution in [2.45, 2.75) is 44.2 Å². The molecule has 0 saturated carbocycles. The van der Waals surface area contributed by atoms with Crippen LogP contribution in [0.5, 0.6) is 5.75 Å². The highest BCUT2D eigenvalue weighted by Crippen LogP contribution is 2.21. The maximum Gasteiger partial charge on any atom is 0.222 e. The van der Waals surface area contributed by atoms with Gasteiger partial charge in [-0.05, 0) is 44.5 Å². The Kier molecular flexibility index (Phi) is 6.10. The number of rotatable bonds is 6. The number of carbonyl (C=O) groups excluding carboxylic acids is 1. The van der Waals surface area contributed by atoms with Crippen molar-refractivity contribution in [2.75, 3.05) is 32.8 Å². The second-order valence-corrected chi connectivity index (χ2v) is 6.80. The van der Waals surface area contributed by atoms with Gasteiger partial charge in [0.25, 0.3) is 0 Å². The monoisotopic (exact) mass is 332 g/mol. The first-order chi connectivity index (χ1) is 11.7. The number of aliphatic hydroxyl groups excluding tert-OH is 1. The highest BCUT2D eigenvalue weighted by atomic mass is 16.5. The van der Waals surface area contributed by atoms with E-state index in [0.29, 0.717) is 32.5 Å². The van der Waals surface area contributed by atoms with Gasteiger partial charge < -0.3 is 14.7 Å². The lowest BCUT2D eigenvalue weighted by molar-refractivity contribution is -0.130. The van der Waals surface area contributed by atoms with E-state index in [-0.39, 0.29) is 11.9 Å². The lowest BCUT2D eigenvalue weighted by Crippen LogP contribution is -2.46. The standard InChI is InChI=1S/C19H28N2O3/c22-18-15-21(14-17(18)20-11-5-2-6-12-20)19(23)10-7-13-24-16-8-3-1-4-9-16/h1,3-4,8-9,17-18,22H,2,5-7,10-15H2/t17-,18-/m0/s1. The third kappa shape index (κ3) is 4.48. The first-order valence-electron chi connectivity index (χ1n) is 9.12. The molecule has 2 atom stereocenters. The van der Waals surface area contributed by atoms with Crippen LogP contribution in [0, 0.1) is 0 Å². The Labute approximate surface area is 144 Å². The summed E-state index contributed by atoms with van der Waals surface area (Å²) in [6.07, 6.45) is 4.46. The summed E-state index contributed by atoms with van der Waals surface area (Å²) in [7, 11) is 0. The van der Waals surface area contributed by atoms with Crippen LogP contribution in [-0.2, 0) is 4.79 Å². The number of carbonyl (C=O) groups is 1. The van der Waals surface area contributed by atoms with Crippen LogP contribution in [0.1, 0.15) is 32.1 Å². The van der Waals surface area contributed by atoms with E-state index >= 15 is 0 Å². The molecule has 0 aliphatic carbocycles. The van der Waals surface area contributed by atoms with E-state index in [9.17, 15) is 9.90 Å². The summed E-state index contributed by atoms with van der Waals surface area (Å²) in [6, 6.07) is 9.78. The van der Waals surface area contributed by atoms with Gasteiger partial charge in [0.15, 0.2) is 0 Å². The van der Waals surface area contributed by atoms with Crippen molar-refractivity contribution < 1.29 is 14.6 Å². The van der Waals surface area contributed by atoms with Crippen LogP contribution in [0.2, 0.25) is 0 Å². The molecular formula is C19H28N2O3. The smallest absolute Gasteiger partial charge is 0.222 e. The van der Waals surface area contributed by atoms with Gasteiger partial charge in [0.05, 0.1) is 18.8 Å². The summed E-state index contributed by atoms with van der Waals surface area (Å²) in [6.45, 7) is 3.78. The Bertz CT molecular complexity index is 517. The number of aliphatic hydroxyl groups is 1. The number of amides is 1. The minimum Gasteiger partial charge on any atom is -0.494 e. The molecule has 2 aliphatic heterocycles. The number of benzene rings is 1. The van der Waals surface area contributed by atoms with Crippen molar-refractivity contribution in [2.24, 2.45) is 0 Å². The molecule has 1 amide bonds. The second-order valence-electron chi connectivity index (χ2n) is 6.80. The molecule has 2 aliphatic rings. The van der Waals surface area contributed by atoms with Crippen LogP contribution in [0.25, 0.3) is 0 Å². The predicted octanol–water partition coefficient (Wildman–Crippen LogP) is 1.90. The first kappa shape index (κ1) is 17.2. The summed E-state index contributed by atoms with van der Waals surface area (Å²) in [5.41, 5.74) is 0. The average Bonchev–Trinajstić information content (AvgIpc) is 3.02. The van der Waals surface area contributed by atoms with Crippen molar-refractivity contribution in [3.63, 3.8) is 0 Å². The largest absolute Gasteiger partial charge is 0.494 e. The van der Waals surface area contributed by atoms with Crippen molar-refractivity contribution >= 4 is 5.91 Å². The molecule has 1 aromatic carbocycles. The zero-order chi connectivity index (χ0) is 16.8. The predicted molar refractivity (Wildman–Crippen MR) is 93.0 cm³/mol. The Morgan fingerprint density at radius 2 is 1.88 bits per heavy atom. The molecule has 2 heterocycles. The van der Waals surface area contributed by atoms with Gasteiger partial charge in [0.2, 0.25) is 5.91 Å². The molecule has 0 bridgehead atoms. The Hall–Kier alpha value is -1.59. The number of nitrogens with zero attached hydrogens (tertiary/aromatic N) is 2. The van der Waals surface area contributed by atoms with E-state index in [4.69, 9.17) is 4.74 Å². The van der Waals surface area contributed by atoms with Crippen LogP contribution in [0.4, 0.5) is 0 Å². The van der Waals surface area contributed by atoms with E-state index in [2.05, 4.69) is 4.90 Å². The molecular weight excluding hydrogens is 304 g/mol. The molecule has 2 saturated heterocycles.